The molecule has 1 aliphatic heterocycles. The third-order valence-corrected chi connectivity index (χ3v) is 2.01. The van der Waals surface area contributed by atoms with Gasteiger partial charge in [0.1, 0.15) is 6.10 Å². The van der Waals surface area contributed by atoms with Gasteiger partial charge >= 0.3 is 0 Å². The van der Waals surface area contributed by atoms with Crippen LogP contribution in [0, 0.1) is 5.41 Å². The maximum Gasteiger partial charge on any atom is 0.180 e. The molecule has 0 aromatic carbocycles. The quantitative estimate of drug-likeness (QED) is 0.525. The molecule has 0 aromatic heterocycles. The zero-order valence-corrected chi connectivity index (χ0v) is 8.01. The van der Waals surface area contributed by atoms with Gasteiger partial charge in [-0.2, -0.15) is 0 Å². The van der Waals surface area contributed by atoms with Crippen molar-refractivity contribution >= 4 is 5.90 Å². The second kappa shape index (κ2) is 2.50. The Labute approximate surface area is 68.7 Å². The zero-order chi connectivity index (χ0) is 8.65. The summed E-state index contributed by atoms with van der Waals surface area (Å²) in [6.45, 7) is 10.6. The van der Waals surface area contributed by atoms with Crippen LogP contribution in [0.25, 0.3) is 0 Å². The standard InChI is InChI=1S/C9H17NO/c1-6-8(9(3,4)5)10-7(2)11-6/h6,8H,1-5H3. The largest absolute Gasteiger partial charge is 0.476 e. The summed E-state index contributed by atoms with van der Waals surface area (Å²) in [5, 5.41) is 0. The van der Waals surface area contributed by atoms with Gasteiger partial charge in [-0.3, -0.25) is 0 Å². The summed E-state index contributed by atoms with van der Waals surface area (Å²) in [5.41, 5.74) is 0.219. The zero-order valence-electron chi connectivity index (χ0n) is 8.01. The molecule has 11 heavy (non-hydrogen) atoms. The molecule has 0 fully saturated rings. The lowest BCUT2D eigenvalue weighted by atomic mass is 9.84. The summed E-state index contributed by atoms with van der Waals surface area (Å²) in [6.07, 6.45) is 0.245. The van der Waals surface area contributed by atoms with Crippen molar-refractivity contribution in [3.8, 4) is 0 Å². The van der Waals surface area contributed by atoms with E-state index < -0.39 is 0 Å². The monoisotopic (exact) mass is 155 g/mol. The predicted octanol–water partition coefficient (Wildman–Crippen LogP) is 2.24. The molecule has 2 nitrogen and oxygen atoms in total. The second-order valence-corrected chi connectivity index (χ2v) is 4.28. The Morgan fingerprint density at radius 3 is 2.09 bits per heavy atom. The molecule has 0 saturated heterocycles. The molecule has 64 valence electrons. The van der Waals surface area contributed by atoms with Gasteiger partial charge in [-0.1, -0.05) is 20.8 Å². The summed E-state index contributed by atoms with van der Waals surface area (Å²) in [4.78, 5) is 4.44. The summed E-state index contributed by atoms with van der Waals surface area (Å²) < 4.78 is 5.45. The number of nitrogens with zero attached hydrogens (tertiary/aromatic N) is 1. The van der Waals surface area contributed by atoms with Gasteiger partial charge in [0.2, 0.25) is 0 Å². The lowest BCUT2D eigenvalue weighted by molar-refractivity contribution is 0.153. The molecule has 0 bridgehead atoms. The van der Waals surface area contributed by atoms with Crippen molar-refractivity contribution in [2.24, 2.45) is 10.4 Å². The van der Waals surface area contributed by atoms with E-state index in [1.54, 1.807) is 0 Å². The number of aliphatic imine (C=N–C) groups is 1. The molecule has 0 amide bonds. The molecule has 2 unspecified atom stereocenters. The Hall–Kier alpha value is -0.530. The summed E-state index contributed by atoms with van der Waals surface area (Å²) in [6, 6.07) is 0.322. The predicted molar refractivity (Wildman–Crippen MR) is 46.9 cm³/mol. The Morgan fingerprint density at radius 1 is 1.36 bits per heavy atom. The van der Waals surface area contributed by atoms with Crippen molar-refractivity contribution < 1.29 is 4.74 Å². The smallest absolute Gasteiger partial charge is 0.180 e. The van der Waals surface area contributed by atoms with E-state index in [0.29, 0.717) is 6.04 Å². The average Bonchev–Trinajstić information content (AvgIpc) is 2.08. The molecule has 1 rings (SSSR count). The van der Waals surface area contributed by atoms with Gasteiger partial charge in [0, 0.05) is 6.92 Å². The van der Waals surface area contributed by atoms with Crippen LogP contribution in [0.1, 0.15) is 34.6 Å². The van der Waals surface area contributed by atoms with Crippen LogP contribution >= 0.6 is 0 Å². The lowest BCUT2D eigenvalue weighted by Gasteiger charge is -2.26. The third-order valence-electron chi connectivity index (χ3n) is 2.01. The summed E-state index contributed by atoms with van der Waals surface area (Å²) >= 11 is 0. The van der Waals surface area contributed by atoms with E-state index in [1.165, 1.54) is 0 Å². The van der Waals surface area contributed by atoms with Crippen LogP contribution < -0.4 is 0 Å². The Morgan fingerprint density at radius 2 is 1.91 bits per heavy atom. The Balaban J connectivity index is 2.74. The van der Waals surface area contributed by atoms with Crippen LogP contribution in [0.4, 0.5) is 0 Å². The molecule has 0 spiro atoms. The first kappa shape index (κ1) is 8.57. The first-order chi connectivity index (χ1) is 4.91. The SMILES string of the molecule is CC1=NC(C(C)(C)C)C(C)O1. The Bertz CT molecular complexity index is 178. The van der Waals surface area contributed by atoms with E-state index in [-0.39, 0.29) is 11.5 Å². The number of rotatable bonds is 0. The van der Waals surface area contributed by atoms with E-state index in [1.807, 2.05) is 6.92 Å². The summed E-state index contributed by atoms with van der Waals surface area (Å²) in [7, 11) is 0. The van der Waals surface area contributed by atoms with E-state index in [2.05, 4.69) is 32.7 Å². The van der Waals surface area contributed by atoms with Crippen molar-refractivity contribution in [2.75, 3.05) is 0 Å². The maximum atomic E-state index is 5.45. The Kier molecular flexibility index (Phi) is 1.95. The van der Waals surface area contributed by atoms with Gasteiger partial charge in [-0.15, -0.1) is 0 Å². The van der Waals surface area contributed by atoms with Crippen molar-refractivity contribution in [2.45, 2.75) is 46.8 Å². The molecule has 0 saturated carbocycles. The number of hydrogen-bond donors (Lipinski definition) is 0. The van der Waals surface area contributed by atoms with E-state index in [0.717, 1.165) is 5.90 Å². The molecule has 1 heterocycles. The van der Waals surface area contributed by atoms with Gasteiger partial charge < -0.3 is 4.74 Å². The van der Waals surface area contributed by atoms with Gasteiger partial charge in [0.15, 0.2) is 5.90 Å². The van der Waals surface area contributed by atoms with Crippen LogP contribution in [0.5, 0.6) is 0 Å². The van der Waals surface area contributed by atoms with Crippen LogP contribution in [0.2, 0.25) is 0 Å². The van der Waals surface area contributed by atoms with Crippen molar-refractivity contribution in [3.05, 3.63) is 0 Å². The summed E-state index contributed by atoms with van der Waals surface area (Å²) in [5.74, 6) is 0.831. The number of hydrogen-bond acceptors (Lipinski definition) is 2. The van der Waals surface area contributed by atoms with Crippen LogP contribution in [0.3, 0.4) is 0 Å². The van der Waals surface area contributed by atoms with Crippen LogP contribution in [-0.2, 0) is 4.74 Å². The first-order valence-electron chi connectivity index (χ1n) is 4.12. The molecule has 2 atom stereocenters. The molecular formula is C9H17NO. The van der Waals surface area contributed by atoms with E-state index in [9.17, 15) is 0 Å². The van der Waals surface area contributed by atoms with Crippen molar-refractivity contribution in [1.29, 1.82) is 0 Å². The first-order valence-corrected chi connectivity index (χ1v) is 4.12. The molecule has 0 aliphatic carbocycles. The lowest BCUT2D eigenvalue weighted by Crippen LogP contribution is -2.31. The van der Waals surface area contributed by atoms with Gasteiger partial charge in [-0.05, 0) is 12.3 Å². The van der Waals surface area contributed by atoms with Crippen molar-refractivity contribution in [3.63, 3.8) is 0 Å². The fourth-order valence-electron chi connectivity index (χ4n) is 1.56. The number of ether oxygens (including phenoxy) is 1. The second-order valence-electron chi connectivity index (χ2n) is 4.28. The molecular weight excluding hydrogens is 138 g/mol. The maximum absolute atomic E-state index is 5.45. The van der Waals surface area contributed by atoms with Gasteiger partial charge in [0.25, 0.3) is 0 Å². The molecule has 0 aromatic rings. The van der Waals surface area contributed by atoms with E-state index in [4.69, 9.17) is 4.74 Å². The van der Waals surface area contributed by atoms with E-state index >= 15 is 0 Å². The molecule has 0 N–H and O–H groups in total. The highest BCUT2D eigenvalue weighted by Crippen LogP contribution is 2.29. The highest BCUT2D eigenvalue weighted by atomic mass is 16.5. The highest BCUT2D eigenvalue weighted by molar-refractivity contribution is 5.75. The van der Waals surface area contributed by atoms with Crippen LogP contribution in [-0.4, -0.2) is 18.0 Å². The highest BCUT2D eigenvalue weighted by Gasteiger charge is 2.34. The third kappa shape index (κ3) is 1.73. The average molecular weight is 155 g/mol. The molecule has 0 radical (unpaired) electrons. The van der Waals surface area contributed by atoms with Gasteiger partial charge in [0.05, 0.1) is 6.04 Å². The topological polar surface area (TPSA) is 21.6 Å². The van der Waals surface area contributed by atoms with Crippen molar-refractivity contribution in [1.82, 2.24) is 0 Å². The minimum Gasteiger partial charge on any atom is -0.476 e. The fourth-order valence-corrected chi connectivity index (χ4v) is 1.56. The van der Waals surface area contributed by atoms with Gasteiger partial charge in [-0.25, -0.2) is 4.99 Å². The minimum absolute atomic E-state index is 0.219. The fraction of sp³-hybridized carbons (Fsp3) is 0.889. The molecule has 2 heteroatoms. The van der Waals surface area contributed by atoms with Crippen LogP contribution in [0.15, 0.2) is 4.99 Å². The normalized spacial score (nSPS) is 31.5. The molecule has 1 aliphatic rings. The minimum atomic E-state index is 0.219.